The van der Waals surface area contributed by atoms with Gasteiger partial charge >= 0.3 is 7.12 Å². The van der Waals surface area contributed by atoms with Gasteiger partial charge in [-0.1, -0.05) is 26.0 Å². The van der Waals surface area contributed by atoms with E-state index in [2.05, 4.69) is 26.1 Å². The molecule has 7 nitrogen and oxygen atoms in total. The Morgan fingerprint density at radius 3 is 2.64 bits per heavy atom. The third-order valence-corrected chi connectivity index (χ3v) is 9.04. The van der Waals surface area contributed by atoms with Gasteiger partial charge in [0.1, 0.15) is 6.04 Å². The SMILES string of the molecule is C[C@@H](NC(=O)c1ccc(CN)cc1)C(=O)N1CCC[C@H]1B1OC2C[C@@H]3C[C@@H](C3(C)C)[C@]2(C)O1. The topological polar surface area (TPSA) is 93.9 Å². The van der Waals surface area contributed by atoms with E-state index in [0.29, 0.717) is 30.5 Å². The predicted octanol–water partition coefficient (Wildman–Crippen LogP) is 2.52. The summed E-state index contributed by atoms with van der Waals surface area (Å²) in [6.45, 7) is 9.75. The number of carbonyl (C=O) groups excluding carboxylic acids is 2. The van der Waals surface area contributed by atoms with E-state index in [-0.39, 0.29) is 34.9 Å². The van der Waals surface area contributed by atoms with E-state index in [1.807, 2.05) is 17.0 Å². The number of hydrogen-bond acceptors (Lipinski definition) is 5. The molecule has 178 valence electrons. The van der Waals surface area contributed by atoms with Crippen LogP contribution in [0.15, 0.2) is 24.3 Å². The Kier molecular flexibility index (Phi) is 5.62. The fourth-order valence-electron chi connectivity index (χ4n) is 6.80. The second kappa shape index (κ2) is 8.10. The van der Waals surface area contributed by atoms with Gasteiger partial charge in [0.05, 0.1) is 17.6 Å². The van der Waals surface area contributed by atoms with Crippen LogP contribution in [0.1, 0.15) is 69.3 Å². The molecule has 2 amide bonds. The molecule has 8 heteroatoms. The van der Waals surface area contributed by atoms with Gasteiger partial charge in [0.15, 0.2) is 0 Å². The molecule has 3 N–H and O–H groups in total. The number of likely N-dealkylation sites (tertiary alicyclic amines) is 1. The Morgan fingerprint density at radius 1 is 1.24 bits per heavy atom. The van der Waals surface area contributed by atoms with Crippen molar-refractivity contribution >= 4 is 18.9 Å². The minimum absolute atomic E-state index is 0.0821. The fraction of sp³-hybridized carbons (Fsp3) is 0.680. The highest BCUT2D eigenvalue weighted by molar-refractivity contribution is 6.48. The van der Waals surface area contributed by atoms with Crippen molar-refractivity contribution in [3.8, 4) is 0 Å². The lowest BCUT2D eigenvalue weighted by molar-refractivity contribution is -0.199. The van der Waals surface area contributed by atoms with Crippen molar-refractivity contribution in [3.05, 3.63) is 35.4 Å². The molecule has 0 aromatic heterocycles. The molecular formula is C25H36BN3O4. The number of nitrogens with two attached hydrogens (primary N) is 1. The van der Waals surface area contributed by atoms with Crippen molar-refractivity contribution in [1.29, 1.82) is 0 Å². The van der Waals surface area contributed by atoms with Crippen molar-refractivity contribution in [1.82, 2.24) is 10.2 Å². The first-order chi connectivity index (χ1) is 15.6. The molecule has 0 spiro atoms. The zero-order valence-corrected chi connectivity index (χ0v) is 20.2. The lowest BCUT2D eigenvalue weighted by atomic mass is 9.43. The molecule has 5 fully saturated rings. The largest absolute Gasteiger partial charge is 0.481 e. The molecular weight excluding hydrogens is 417 g/mol. The Morgan fingerprint density at radius 2 is 1.97 bits per heavy atom. The van der Waals surface area contributed by atoms with Gasteiger partial charge in [-0.15, -0.1) is 0 Å². The van der Waals surface area contributed by atoms with Gasteiger partial charge in [-0.25, -0.2) is 0 Å². The highest BCUT2D eigenvalue weighted by Gasteiger charge is 2.69. The molecule has 0 radical (unpaired) electrons. The van der Waals surface area contributed by atoms with Crippen LogP contribution in [0.3, 0.4) is 0 Å². The summed E-state index contributed by atoms with van der Waals surface area (Å²) in [5.74, 6) is 0.736. The van der Waals surface area contributed by atoms with Crippen LogP contribution in [0.4, 0.5) is 0 Å². The van der Waals surface area contributed by atoms with E-state index in [1.54, 1.807) is 19.1 Å². The fourth-order valence-corrected chi connectivity index (χ4v) is 6.80. The van der Waals surface area contributed by atoms with Crippen LogP contribution in [-0.2, 0) is 20.6 Å². The Balaban J connectivity index is 1.24. The maximum atomic E-state index is 13.3. The van der Waals surface area contributed by atoms with E-state index in [0.717, 1.165) is 24.8 Å². The number of rotatable bonds is 5. The summed E-state index contributed by atoms with van der Waals surface area (Å²) in [5, 5.41) is 2.86. The molecule has 1 aromatic carbocycles. The lowest BCUT2D eigenvalue weighted by Gasteiger charge is -2.64. The molecule has 5 aliphatic rings. The molecule has 6 rings (SSSR count). The van der Waals surface area contributed by atoms with Crippen molar-refractivity contribution in [2.45, 2.75) is 83.6 Å². The Labute approximate surface area is 196 Å². The first-order valence-corrected chi connectivity index (χ1v) is 12.4. The van der Waals surface area contributed by atoms with Crippen LogP contribution in [0.5, 0.6) is 0 Å². The number of nitrogens with one attached hydrogen (secondary N) is 1. The third-order valence-electron chi connectivity index (χ3n) is 9.04. The van der Waals surface area contributed by atoms with E-state index in [4.69, 9.17) is 15.0 Å². The van der Waals surface area contributed by atoms with Gasteiger partial charge in [0, 0.05) is 18.7 Å². The number of amides is 2. The summed E-state index contributed by atoms with van der Waals surface area (Å²) in [5.41, 5.74) is 7.11. The smallest absolute Gasteiger partial charge is 0.404 e. The molecule has 2 bridgehead atoms. The van der Waals surface area contributed by atoms with Gasteiger partial charge < -0.3 is 25.3 Å². The average molecular weight is 453 g/mol. The minimum Gasteiger partial charge on any atom is -0.404 e. The number of hydrogen-bond donors (Lipinski definition) is 2. The van der Waals surface area contributed by atoms with E-state index < -0.39 is 13.2 Å². The molecule has 6 atom stereocenters. The highest BCUT2D eigenvalue weighted by Crippen LogP contribution is 2.65. The summed E-state index contributed by atoms with van der Waals surface area (Å²) < 4.78 is 13.1. The van der Waals surface area contributed by atoms with E-state index >= 15 is 0 Å². The van der Waals surface area contributed by atoms with Gasteiger partial charge in [-0.2, -0.15) is 0 Å². The van der Waals surface area contributed by atoms with Crippen LogP contribution in [0.2, 0.25) is 0 Å². The molecule has 2 aliphatic heterocycles. The third kappa shape index (κ3) is 3.62. The second-order valence-corrected chi connectivity index (χ2v) is 11.2. The molecule has 3 aliphatic carbocycles. The highest BCUT2D eigenvalue weighted by atomic mass is 16.7. The molecule has 33 heavy (non-hydrogen) atoms. The van der Waals surface area contributed by atoms with Crippen LogP contribution >= 0.6 is 0 Å². The average Bonchev–Trinajstić information content (AvgIpc) is 3.42. The van der Waals surface area contributed by atoms with Crippen LogP contribution in [0.25, 0.3) is 0 Å². The number of benzene rings is 1. The van der Waals surface area contributed by atoms with Crippen molar-refractivity contribution in [3.63, 3.8) is 0 Å². The summed E-state index contributed by atoms with van der Waals surface area (Å²) in [6.07, 6.45) is 4.12. The van der Waals surface area contributed by atoms with E-state index in [9.17, 15) is 9.59 Å². The van der Waals surface area contributed by atoms with Crippen molar-refractivity contribution in [2.75, 3.05) is 6.54 Å². The zero-order valence-electron chi connectivity index (χ0n) is 20.2. The summed E-state index contributed by atoms with van der Waals surface area (Å²) in [4.78, 5) is 27.9. The standard InChI is InChI=1S/C25H36BN3O4/c1-15(28-22(30)17-9-7-16(14-27)8-10-17)23(31)29-11-5-6-21(29)26-32-20-13-18-12-19(24(18,2)3)25(20,4)33-26/h7-10,15,18-21H,5-6,11-14,27H2,1-4H3,(H,28,30)/t15-,18+,19+,20?,21+,25+/m1/s1. The molecule has 1 unspecified atom stereocenters. The zero-order chi connectivity index (χ0) is 23.5. The van der Waals surface area contributed by atoms with Crippen molar-refractivity contribution < 1.29 is 18.9 Å². The second-order valence-electron chi connectivity index (χ2n) is 11.2. The molecule has 1 aromatic rings. The quantitative estimate of drug-likeness (QED) is 0.669. The first kappa shape index (κ1) is 22.9. The monoisotopic (exact) mass is 453 g/mol. The minimum atomic E-state index is -0.627. The van der Waals surface area contributed by atoms with Crippen LogP contribution < -0.4 is 11.1 Å². The predicted molar refractivity (Wildman–Crippen MR) is 126 cm³/mol. The Hall–Kier alpha value is -1.90. The van der Waals surface area contributed by atoms with Crippen LogP contribution in [0, 0.1) is 17.3 Å². The van der Waals surface area contributed by atoms with Gasteiger partial charge in [-0.3, -0.25) is 9.59 Å². The van der Waals surface area contributed by atoms with Gasteiger partial charge in [0.2, 0.25) is 5.91 Å². The first-order valence-electron chi connectivity index (χ1n) is 12.4. The normalized spacial score (nSPS) is 35.1. The maximum absolute atomic E-state index is 13.3. The molecule has 3 saturated carbocycles. The van der Waals surface area contributed by atoms with E-state index in [1.165, 1.54) is 6.42 Å². The number of nitrogens with zero attached hydrogens (tertiary/aromatic N) is 1. The molecule has 2 saturated heterocycles. The molecule has 2 heterocycles. The van der Waals surface area contributed by atoms with Crippen LogP contribution in [-0.4, -0.2) is 54.1 Å². The summed E-state index contributed by atoms with van der Waals surface area (Å²) in [6, 6.07) is 6.51. The Bertz CT molecular complexity index is 938. The van der Waals surface area contributed by atoms with Gasteiger partial charge in [-0.05, 0) is 74.5 Å². The van der Waals surface area contributed by atoms with Gasteiger partial charge in [0.25, 0.3) is 5.91 Å². The lowest BCUT2D eigenvalue weighted by Crippen LogP contribution is -2.65. The summed E-state index contributed by atoms with van der Waals surface area (Å²) in [7, 11) is -0.395. The summed E-state index contributed by atoms with van der Waals surface area (Å²) >= 11 is 0. The number of carbonyl (C=O) groups is 2. The maximum Gasteiger partial charge on any atom is 0.481 e. The van der Waals surface area contributed by atoms with Crippen molar-refractivity contribution in [2.24, 2.45) is 23.0 Å².